The number of benzene rings is 10. The molecular weight excluding hydrogens is 751 g/mol. The average Bonchev–Trinajstić information content (AvgIpc) is 3.75. The summed E-state index contributed by atoms with van der Waals surface area (Å²) < 4.78 is 6.48. The lowest BCUT2D eigenvalue weighted by Crippen LogP contribution is -2.11. The van der Waals surface area contributed by atoms with Crippen molar-refractivity contribution in [2.24, 2.45) is 0 Å². The first-order chi connectivity index (χ1) is 30.8. The third-order valence-electron chi connectivity index (χ3n) is 11.9. The Balaban J connectivity index is 1.09. The van der Waals surface area contributed by atoms with Gasteiger partial charge < -0.3 is 9.32 Å². The standard InChI is InChI=1S/C60H41NO/c1-4-18-42(19-5-1)43-34-36-46(37-35-43)50-25-12-14-30-55(50)61(56-31-17-33-58-60(56)54-27-13-15-32-57(54)62-58)48-40-38-47(39-41-48)52-29-16-28-51(45-22-8-3-9-23-45)59(52)53-26-11-10-24-49(53)44-20-6-2-7-21-44/h1-41H. The third-order valence-corrected chi connectivity index (χ3v) is 11.9. The van der Waals surface area contributed by atoms with E-state index in [9.17, 15) is 0 Å². The van der Waals surface area contributed by atoms with Crippen LogP contribution in [0, 0.1) is 0 Å². The highest BCUT2D eigenvalue weighted by Crippen LogP contribution is 2.48. The van der Waals surface area contributed by atoms with Crippen molar-refractivity contribution in [2.45, 2.75) is 0 Å². The lowest BCUT2D eigenvalue weighted by molar-refractivity contribution is 0.669. The summed E-state index contributed by atoms with van der Waals surface area (Å²) in [5.41, 5.74) is 19.1. The van der Waals surface area contributed by atoms with Crippen LogP contribution in [0.25, 0.3) is 88.7 Å². The van der Waals surface area contributed by atoms with Crippen molar-refractivity contribution in [1.29, 1.82) is 0 Å². The van der Waals surface area contributed by atoms with Gasteiger partial charge in [0.25, 0.3) is 0 Å². The van der Waals surface area contributed by atoms with Gasteiger partial charge in [-0.3, -0.25) is 0 Å². The molecule has 0 atom stereocenters. The largest absolute Gasteiger partial charge is 0.456 e. The van der Waals surface area contributed by atoms with Gasteiger partial charge in [0.1, 0.15) is 11.2 Å². The van der Waals surface area contributed by atoms with E-state index in [0.717, 1.165) is 55.7 Å². The van der Waals surface area contributed by atoms with Crippen LogP contribution in [0.5, 0.6) is 0 Å². The normalized spacial score (nSPS) is 11.2. The van der Waals surface area contributed by atoms with Gasteiger partial charge in [-0.15, -0.1) is 0 Å². The van der Waals surface area contributed by atoms with Crippen molar-refractivity contribution < 1.29 is 4.42 Å². The molecule has 0 amide bonds. The fourth-order valence-corrected chi connectivity index (χ4v) is 9.04. The minimum absolute atomic E-state index is 0.856. The quantitative estimate of drug-likeness (QED) is 0.145. The molecule has 0 N–H and O–H groups in total. The summed E-state index contributed by atoms with van der Waals surface area (Å²) >= 11 is 0. The van der Waals surface area contributed by atoms with Crippen LogP contribution in [-0.4, -0.2) is 0 Å². The second-order valence-electron chi connectivity index (χ2n) is 15.6. The molecule has 0 unspecified atom stereocenters. The maximum absolute atomic E-state index is 6.48. The zero-order valence-electron chi connectivity index (χ0n) is 34.0. The second-order valence-corrected chi connectivity index (χ2v) is 15.6. The van der Waals surface area contributed by atoms with Crippen molar-refractivity contribution in [3.05, 3.63) is 249 Å². The number of para-hydroxylation sites is 2. The number of furan rings is 1. The predicted octanol–water partition coefficient (Wildman–Crippen LogP) is 17.1. The molecule has 11 rings (SSSR count). The first-order valence-electron chi connectivity index (χ1n) is 21.2. The first kappa shape index (κ1) is 36.8. The van der Waals surface area contributed by atoms with E-state index >= 15 is 0 Å². The van der Waals surface area contributed by atoms with Crippen LogP contribution in [0.4, 0.5) is 17.1 Å². The van der Waals surface area contributed by atoms with E-state index in [4.69, 9.17) is 4.42 Å². The molecule has 10 aromatic carbocycles. The molecule has 1 heterocycles. The predicted molar refractivity (Wildman–Crippen MR) is 261 cm³/mol. The smallest absolute Gasteiger partial charge is 0.137 e. The fourth-order valence-electron chi connectivity index (χ4n) is 9.04. The van der Waals surface area contributed by atoms with Gasteiger partial charge in [0, 0.05) is 16.6 Å². The average molecular weight is 792 g/mol. The summed E-state index contributed by atoms with van der Waals surface area (Å²) in [4.78, 5) is 2.40. The summed E-state index contributed by atoms with van der Waals surface area (Å²) in [7, 11) is 0. The van der Waals surface area contributed by atoms with E-state index in [0.29, 0.717) is 0 Å². The molecule has 11 aromatic rings. The van der Waals surface area contributed by atoms with Crippen LogP contribution < -0.4 is 4.90 Å². The Kier molecular flexibility index (Phi) is 9.57. The summed E-state index contributed by atoms with van der Waals surface area (Å²) in [6, 6.07) is 89.0. The van der Waals surface area contributed by atoms with Crippen LogP contribution in [-0.2, 0) is 0 Å². The number of rotatable bonds is 9. The van der Waals surface area contributed by atoms with Crippen molar-refractivity contribution in [3.8, 4) is 66.8 Å². The zero-order chi connectivity index (χ0) is 41.2. The molecule has 0 saturated heterocycles. The van der Waals surface area contributed by atoms with E-state index in [-0.39, 0.29) is 0 Å². The highest BCUT2D eigenvalue weighted by Gasteiger charge is 2.23. The highest BCUT2D eigenvalue weighted by molar-refractivity contribution is 6.14. The molecule has 2 nitrogen and oxygen atoms in total. The maximum atomic E-state index is 6.48. The molecule has 2 heteroatoms. The van der Waals surface area contributed by atoms with Crippen LogP contribution >= 0.6 is 0 Å². The number of hydrogen-bond donors (Lipinski definition) is 0. The van der Waals surface area contributed by atoms with Gasteiger partial charge in [0.05, 0.1) is 16.8 Å². The van der Waals surface area contributed by atoms with Gasteiger partial charge in [0.15, 0.2) is 0 Å². The van der Waals surface area contributed by atoms with E-state index in [2.05, 4.69) is 248 Å². The number of anilines is 3. The summed E-state index contributed by atoms with van der Waals surface area (Å²) in [6.07, 6.45) is 0. The molecule has 0 aliphatic carbocycles. The maximum Gasteiger partial charge on any atom is 0.137 e. The molecule has 0 bridgehead atoms. The molecule has 0 aliphatic rings. The summed E-state index contributed by atoms with van der Waals surface area (Å²) in [6.45, 7) is 0. The Bertz CT molecular complexity index is 3310. The molecule has 0 fully saturated rings. The van der Waals surface area contributed by atoms with Gasteiger partial charge in [-0.2, -0.15) is 0 Å². The Morgan fingerprint density at radius 3 is 1.37 bits per heavy atom. The van der Waals surface area contributed by atoms with E-state index in [1.165, 1.54) is 50.1 Å². The van der Waals surface area contributed by atoms with E-state index in [1.54, 1.807) is 0 Å². The Labute approximate surface area is 362 Å². The minimum Gasteiger partial charge on any atom is -0.456 e. The van der Waals surface area contributed by atoms with Crippen LogP contribution in [0.1, 0.15) is 0 Å². The van der Waals surface area contributed by atoms with Crippen molar-refractivity contribution in [2.75, 3.05) is 4.90 Å². The lowest BCUT2D eigenvalue weighted by atomic mass is 9.84. The molecule has 0 spiro atoms. The molecule has 62 heavy (non-hydrogen) atoms. The van der Waals surface area contributed by atoms with Crippen LogP contribution in [0.15, 0.2) is 253 Å². The number of nitrogens with zero attached hydrogens (tertiary/aromatic N) is 1. The van der Waals surface area contributed by atoms with Gasteiger partial charge in [-0.1, -0.05) is 212 Å². The Morgan fingerprint density at radius 1 is 0.258 bits per heavy atom. The van der Waals surface area contributed by atoms with Gasteiger partial charge >= 0.3 is 0 Å². The summed E-state index contributed by atoms with van der Waals surface area (Å²) in [5.74, 6) is 0. The van der Waals surface area contributed by atoms with Crippen molar-refractivity contribution in [3.63, 3.8) is 0 Å². The number of hydrogen-bond acceptors (Lipinski definition) is 2. The minimum atomic E-state index is 0.856. The molecule has 292 valence electrons. The first-order valence-corrected chi connectivity index (χ1v) is 21.2. The van der Waals surface area contributed by atoms with Crippen LogP contribution in [0.3, 0.4) is 0 Å². The SMILES string of the molecule is c1ccc(-c2ccc(-c3ccccc3N(c3ccc(-c4cccc(-c5ccccc5)c4-c4ccccc4-c4ccccc4)cc3)c3cccc4oc5ccccc5c34)cc2)cc1. The Hall–Kier alpha value is -8.20. The summed E-state index contributed by atoms with van der Waals surface area (Å²) in [5, 5.41) is 2.17. The van der Waals surface area contributed by atoms with Crippen molar-refractivity contribution in [1.82, 2.24) is 0 Å². The molecular formula is C60H41NO. The fraction of sp³-hybridized carbons (Fsp3) is 0. The molecule has 1 aromatic heterocycles. The van der Waals surface area contributed by atoms with E-state index in [1.807, 2.05) is 6.07 Å². The Morgan fingerprint density at radius 2 is 0.677 bits per heavy atom. The van der Waals surface area contributed by atoms with Gasteiger partial charge in [0.2, 0.25) is 0 Å². The molecule has 0 aliphatic heterocycles. The van der Waals surface area contributed by atoms with E-state index < -0.39 is 0 Å². The highest BCUT2D eigenvalue weighted by atomic mass is 16.3. The third kappa shape index (κ3) is 6.74. The zero-order valence-corrected chi connectivity index (χ0v) is 34.0. The monoisotopic (exact) mass is 791 g/mol. The topological polar surface area (TPSA) is 16.4 Å². The number of fused-ring (bicyclic) bond motifs is 3. The lowest BCUT2D eigenvalue weighted by Gasteiger charge is -2.29. The van der Waals surface area contributed by atoms with Crippen LogP contribution in [0.2, 0.25) is 0 Å². The van der Waals surface area contributed by atoms with Crippen molar-refractivity contribution >= 4 is 39.0 Å². The second kappa shape index (κ2) is 16.1. The van der Waals surface area contributed by atoms with Gasteiger partial charge in [-0.25, -0.2) is 0 Å². The molecule has 0 radical (unpaired) electrons. The molecule has 0 saturated carbocycles. The van der Waals surface area contributed by atoms with Gasteiger partial charge in [-0.05, 0) is 97.6 Å².